The first-order valence-corrected chi connectivity index (χ1v) is 6.08. The molecule has 0 atom stereocenters. The zero-order valence-electron chi connectivity index (χ0n) is 9.36. The van der Waals surface area contributed by atoms with E-state index in [0.29, 0.717) is 11.1 Å². The number of ketones is 1. The molecule has 2 aromatic carbocycles. The lowest BCUT2D eigenvalue weighted by Crippen LogP contribution is -2.03. The molecule has 0 aliphatic carbocycles. The minimum absolute atomic E-state index is 0.0200. The second kappa shape index (κ2) is 5.42. The van der Waals surface area contributed by atoms with Gasteiger partial charge in [0, 0.05) is 12.0 Å². The van der Waals surface area contributed by atoms with Crippen molar-refractivity contribution in [1.29, 1.82) is 0 Å². The Kier molecular flexibility index (Phi) is 3.90. The molecule has 0 radical (unpaired) electrons. The van der Waals surface area contributed by atoms with Crippen molar-refractivity contribution in [3.63, 3.8) is 0 Å². The van der Waals surface area contributed by atoms with Crippen molar-refractivity contribution in [2.24, 2.45) is 0 Å². The molecule has 92 valence electrons. The van der Waals surface area contributed by atoms with E-state index in [1.54, 1.807) is 24.3 Å². The third kappa shape index (κ3) is 2.84. The number of benzene rings is 2. The summed E-state index contributed by atoms with van der Waals surface area (Å²) in [6.07, 6.45) is 0.198. The number of Topliss-reactive ketones (excluding diaryl/α,β-unsaturated/α-hetero) is 1. The van der Waals surface area contributed by atoms with Crippen molar-refractivity contribution < 1.29 is 9.90 Å². The van der Waals surface area contributed by atoms with Crippen molar-refractivity contribution in [3.05, 3.63) is 63.6 Å². The SMILES string of the molecule is O=C(Cc1cc(Cl)c(O)c(Cl)c1)c1ccccc1. The molecule has 1 N–H and O–H groups in total. The number of phenolic OH excluding ortho intramolecular Hbond substituents is 1. The Labute approximate surface area is 115 Å². The van der Waals surface area contributed by atoms with Crippen molar-refractivity contribution in [3.8, 4) is 5.75 Å². The number of hydrogen-bond acceptors (Lipinski definition) is 2. The van der Waals surface area contributed by atoms with E-state index < -0.39 is 0 Å². The van der Waals surface area contributed by atoms with Crippen LogP contribution in [0.1, 0.15) is 15.9 Å². The average Bonchev–Trinajstić information content (AvgIpc) is 2.37. The van der Waals surface area contributed by atoms with Crippen LogP contribution in [0.3, 0.4) is 0 Å². The molecule has 0 aliphatic rings. The number of carbonyl (C=O) groups is 1. The number of carbonyl (C=O) groups excluding carboxylic acids is 1. The number of halogens is 2. The normalized spacial score (nSPS) is 10.3. The third-order valence-electron chi connectivity index (χ3n) is 2.54. The van der Waals surface area contributed by atoms with Gasteiger partial charge in [-0.3, -0.25) is 4.79 Å². The maximum Gasteiger partial charge on any atom is 0.167 e. The summed E-state index contributed by atoms with van der Waals surface area (Å²) in [5.41, 5.74) is 1.31. The summed E-state index contributed by atoms with van der Waals surface area (Å²) in [7, 11) is 0. The van der Waals surface area contributed by atoms with Gasteiger partial charge in [-0.15, -0.1) is 0 Å². The van der Waals surface area contributed by atoms with Gasteiger partial charge in [0.1, 0.15) is 0 Å². The highest BCUT2D eigenvalue weighted by molar-refractivity contribution is 6.37. The van der Waals surface area contributed by atoms with Gasteiger partial charge in [-0.1, -0.05) is 53.5 Å². The van der Waals surface area contributed by atoms with Crippen LogP contribution in [0, 0.1) is 0 Å². The van der Waals surface area contributed by atoms with Crippen LogP contribution in [0.15, 0.2) is 42.5 Å². The van der Waals surface area contributed by atoms with Gasteiger partial charge in [-0.25, -0.2) is 0 Å². The minimum Gasteiger partial charge on any atom is -0.505 e. The number of aromatic hydroxyl groups is 1. The van der Waals surface area contributed by atoms with Gasteiger partial charge in [0.05, 0.1) is 10.0 Å². The Morgan fingerprint density at radius 3 is 2.17 bits per heavy atom. The Balaban J connectivity index is 2.23. The highest BCUT2D eigenvalue weighted by Gasteiger charge is 2.11. The lowest BCUT2D eigenvalue weighted by Gasteiger charge is -2.05. The van der Waals surface area contributed by atoms with Crippen molar-refractivity contribution in [1.82, 2.24) is 0 Å². The number of phenols is 1. The van der Waals surface area contributed by atoms with Crippen LogP contribution in [0.2, 0.25) is 10.0 Å². The Bertz CT molecular complexity index is 557. The summed E-state index contributed by atoms with van der Waals surface area (Å²) in [6.45, 7) is 0. The predicted octanol–water partition coefficient (Wildman–Crippen LogP) is 4.12. The van der Waals surface area contributed by atoms with Crippen LogP contribution in [0.5, 0.6) is 5.75 Å². The molecule has 2 rings (SSSR count). The van der Waals surface area contributed by atoms with E-state index in [9.17, 15) is 9.90 Å². The van der Waals surface area contributed by atoms with Gasteiger partial charge in [-0.05, 0) is 17.7 Å². The second-order valence-electron chi connectivity index (χ2n) is 3.87. The fraction of sp³-hybridized carbons (Fsp3) is 0.0714. The minimum atomic E-state index is -0.158. The summed E-state index contributed by atoms with van der Waals surface area (Å²) in [6, 6.07) is 12.1. The summed E-state index contributed by atoms with van der Waals surface area (Å²) in [5, 5.41) is 9.74. The van der Waals surface area contributed by atoms with Crippen LogP contribution >= 0.6 is 23.2 Å². The van der Waals surface area contributed by atoms with Gasteiger partial charge >= 0.3 is 0 Å². The Hall–Kier alpha value is -1.51. The van der Waals surface area contributed by atoms with Crippen LogP contribution in [-0.2, 0) is 6.42 Å². The highest BCUT2D eigenvalue weighted by Crippen LogP contribution is 2.33. The maximum absolute atomic E-state index is 12.0. The van der Waals surface area contributed by atoms with Gasteiger partial charge in [-0.2, -0.15) is 0 Å². The first-order chi connectivity index (χ1) is 8.58. The first-order valence-electron chi connectivity index (χ1n) is 5.33. The molecule has 2 nitrogen and oxygen atoms in total. The molecule has 0 aliphatic heterocycles. The summed E-state index contributed by atoms with van der Waals surface area (Å²) in [5.74, 6) is -0.178. The van der Waals surface area contributed by atoms with E-state index in [0.717, 1.165) is 0 Å². The molecular weight excluding hydrogens is 271 g/mol. The van der Waals surface area contributed by atoms with Crippen molar-refractivity contribution in [2.75, 3.05) is 0 Å². The molecular formula is C14H10Cl2O2. The second-order valence-corrected chi connectivity index (χ2v) is 4.69. The van der Waals surface area contributed by atoms with E-state index >= 15 is 0 Å². The molecule has 0 fully saturated rings. The standard InChI is InChI=1S/C14H10Cl2O2/c15-11-6-9(7-12(16)14(11)18)8-13(17)10-4-2-1-3-5-10/h1-7,18H,8H2. The van der Waals surface area contributed by atoms with Gasteiger partial charge in [0.2, 0.25) is 0 Å². The van der Waals surface area contributed by atoms with E-state index in [1.165, 1.54) is 0 Å². The highest BCUT2D eigenvalue weighted by atomic mass is 35.5. The molecule has 0 bridgehead atoms. The molecule has 4 heteroatoms. The lowest BCUT2D eigenvalue weighted by molar-refractivity contribution is 0.0993. The molecule has 0 heterocycles. The quantitative estimate of drug-likeness (QED) is 0.859. The largest absolute Gasteiger partial charge is 0.505 e. The van der Waals surface area contributed by atoms with Gasteiger partial charge in [0.15, 0.2) is 11.5 Å². The number of hydrogen-bond donors (Lipinski definition) is 1. The molecule has 2 aromatic rings. The molecule has 0 aromatic heterocycles. The molecule has 18 heavy (non-hydrogen) atoms. The van der Waals surface area contributed by atoms with Crippen LogP contribution < -0.4 is 0 Å². The average molecular weight is 281 g/mol. The van der Waals surface area contributed by atoms with E-state index in [1.807, 2.05) is 18.2 Å². The zero-order valence-corrected chi connectivity index (χ0v) is 10.9. The van der Waals surface area contributed by atoms with E-state index in [2.05, 4.69) is 0 Å². The predicted molar refractivity (Wildman–Crippen MR) is 72.6 cm³/mol. The molecule has 0 spiro atoms. The Morgan fingerprint density at radius 1 is 1.06 bits per heavy atom. The first kappa shape index (κ1) is 12.9. The zero-order chi connectivity index (χ0) is 13.1. The fourth-order valence-electron chi connectivity index (χ4n) is 1.63. The van der Waals surface area contributed by atoms with E-state index in [-0.39, 0.29) is 28.0 Å². The van der Waals surface area contributed by atoms with Crippen molar-refractivity contribution >= 4 is 29.0 Å². The van der Waals surface area contributed by atoms with Gasteiger partial charge in [0.25, 0.3) is 0 Å². The van der Waals surface area contributed by atoms with Crippen LogP contribution in [0.4, 0.5) is 0 Å². The summed E-state index contributed by atoms with van der Waals surface area (Å²) in [4.78, 5) is 12.0. The summed E-state index contributed by atoms with van der Waals surface area (Å²) >= 11 is 11.6. The van der Waals surface area contributed by atoms with Crippen molar-refractivity contribution in [2.45, 2.75) is 6.42 Å². The van der Waals surface area contributed by atoms with Crippen LogP contribution in [-0.4, -0.2) is 10.9 Å². The number of rotatable bonds is 3. The molecule has 0 saturated heterocycles. The molecule has 0 saturated carbocycles. The molecule has 0 amide bonds. The van der Waals surface area contributed by atoms with Crippen LogP contribution in [0.25, 0.3) is 0 Å². The van der Waals surface area contributed by atoms with Gasteiger partial charge < -0.3 is 5.11 Å². The fourth-order valence-corrected chi connectivity index (χ4v) is 2.16. The topological polar surface area (TPSA) is 37.3 Å². The molecule has 0 unspecified atom stereocenters. The van der Waals surface area contributed by atoms with E-state index in [4.69, 9.17) is 23.2 Å². The summed E-state index contributed by atoms with van der Waals surface area (Å²) < 4.78 is 0. The lowest BCUT2D eigenvalue weighted by atomic mass is 10.0. The Morgan fingerprint density at radius 2 is 1.61 bits per heavy atom. The third-order valence-corrected chi connectivity index (χ3v) is 3.11. The monoisotopic (exact) mass is 280 g/mol. The maximum atomic E-state index is 12.0. The smallest absolute Gasteiger partial charge is 0.167 e.